The van der Waals surface area contributed by atoms with Crippen molar-refractivity contribution in [2.24, 2.45) is 7.05 Å². The van der Waals surface area contributed by atoms with E-state index in [0.29, 0.717) is 12.1 Å². The SMILES string of the molecule is Cn1c(=O)c(-c2cccc3c(C[C@H](NC(=O)c4c(F)cc(N(CCC(F)(F)F)C5COC5)cc4F)C(=O)O)cccc23)c(C(F)(F)F)c2ccccc21. The van der Waals surface area contributed by atoms with Gasteiger partial charge in [-0.05, 0) is 40.1 Å². The maximum absolute atomic E-state index is 15.3. The number of anilines is 1. The minimum absolute atomic E-state index is 0.0156. The Morgan fingerprint density at radius 1 is 0.925 bits per heavy atom. The molecular formula is C37H29F8N3O5. The lowest BCUT2D eigenvalue weighted by Crippen LogP contribution is -2.50. The number of carboxylic acid groups (broad SMARTS) is 1. The van der Waals surface area contributed by atoms with E-state index in [2.05, 4.69) is 5.32 Å². The minimum Gasteiger partial charge on any atom is -0.480 e. The second-order valence-corrected chi connectivity index (χ2v) is 12.5. The molecule has 2 N–H and O–H groups in total. The van der Waals surface area contributed by atoms with Crippen molar-refractivity contribution in [3.05, 3.63) is 111 Å². The Bertz CT molecular complexity index is 2280. The molecule has 0 aliphatic carbocycles. The molecule has 53 heavy (non-hydrogen) atoms. The van der Waals surface area contributed by atoms with Crippen LogP contribution in [0, 0.1) is 11.6 Å². The number of rotatable bonds is 10. The van der Waals surface area contributed by atoms with Crippen LogP contribution in [0.25, 0.3) is 32.8 Å². The third kappa shape index (κ3) is 7.40. The minimum atomic E-state index is -4.95. The number of pyridine rings is 1. The number of aromatic nitrogens is 1. The first-order chi connectivity index (χ1) is 25.0. The standard InChI is InChI=1S/C37H29F8N3O5/c1-47-29-11-3-2-7-25(29)32(37(43,44)45)30(34(47)50)24-10-5-8-22-19(6-4-9-23(22)24)14-28(35(51)52)46-33(49)31-26(38)15-20(16-27(31)39)48(21-17-53-18-21)13-12-36(40,41)42/h2-11,15-16,21,28H,12-14,17-18H2,1H3,(H,46,49)(H,51,52)/t28-/m0/s1. The average Bonchev–Trinajstić information content (AvgIpc) is 3.05. The van der Waals surface area contributed by atoms with Crippen molar-refractivity contribution in [3.63, 3.8) is 0 Å². The van der Waals surface area contributed by atoms with Gasteiger partial charge in [-0.1, -0.05) is 54.6 Å². The molecule has 0 spiro atoms. The maximum atomic E-state index is 15.3. The number of carboxylic acids is 1. The molecule has 0 unspecified atom stereocenters. The summed E-state index contributed by atoms with van der Waals surface area (Å²) in [5.74, 6) is -5.99. The van der Waals surface area contributed by atoms with Gasteiger partial charge >= 0.3 is 18.3 Å². The van der Waals surface area contributed by atoms with Gasteiger partial charge in [-0.2, -0.15) is 26.3 Å². The molecule has 6 rings (SSSR count). The van der Waals surface area contributed by atoms with Gasteiger partial charge in [0.25, 0.3) is 11.5 Å². The Balaban J connectivity index is 1.34. The second kappa shape index (κ2) is 14.1. The number of ether oxygens (including phenoxy) is 1. The number of fused-ring (bicyclic) bond motifs is 2. The number of carbonyl (C=O) groups excluding carboxylic acids is 1. The van der Waals surface area contributed by atoms with Crippen LogP contribution in [0.1, 0.15) is 27.9 Å². The van der Waals surface area contributed by atoms with Gasteiger partial charge in [-0.15, -0.1) is 0 Å². The van der Waals surface area contributed by atoms with Crippen LogP contribution in [-0.2, 0) is 29.2 Å². The molecule has 0 saturated carbocycles. The Labute approximate surface area is 295 Å². The summed E-state index contributed by atoms with van der Waals surface area (Å²) < 4.78 is 120. The number of hydrogen-bond acceptors (Lipinski definition) is 5. The van der Waals surface area contributed by atoms with Crippen LogP contribution in [0.4, 0.5) is 40.8 Å². The molecule has 1 saturated heterocycles. The van der Waals surface area contributed by atoms with Gasteiger partial charge in [-0.25, -0.2) is 13.6 Å². The smallest absolute Gasteiger partial charge is 0.417 e. The molecule has 5 aromatic rings. The average molecular weight is 748 g/mol. The molecule has 4 aromatic carbocycles. The highest BCUT2D eigenvalue weighted by Crippen LogP contribution is 2.42. The van der Waals surface area contributed by atoms with Crippen molar-refractivity contribution in [2.75, 3.05) is 24.7 Å². The Morgan fingerprint density at radius 3 is 2.15 bits per heavy atom. The number of para-hydroxylation sites is 1. The van der Waals surface area contributed by atoms with Crippen molar-refractivity contribution in [3.8, 4) is 11.1 Å². The zero-order valence-electron chi connectivity index (χ0n) is 27.6. The molecule has 0 radical (unpaired) electrons. The van der Waals surface area contributed by atoms with Crippen LogP contribution in [0.5, 0.6) is 0 Å². The lowest BCUT2D eigenvalue weighted by molar-refractivity contribution is -0.139. The maximum Gasteiger partial charge on any atom is 0.417 e. The van der Waals surface area contributed by atoms with Crippen LogP contribution in [0.15, 0.2) is 77.6 Å². The van der Waals surface area contributed by atoms with Crippen molar-refractivity contribution in [1.29, 1.82) is 0 Å². The fraction of sp³-hybridized carbons (Fsp3) is 0.270. The number of halogens is 8. The van der Waals surface area contributed by atoms with Crippen molar-refractivity contribution in [1.82, 2.24) is 9.88 Å². The third-order valence-electron chi connectivity index (χ3n) is 9.18. The Hall–Kier alpha value is -5.51. The van der Waals surface area contributed by atoms with E-state index in [1.807, 2.05) is 0 Å². The summed E-state index contributed by atoms with van der Waals surface area (Å²) in [6, 6.07) is 13.1. The zero-order valence-corrected chi connectivity index (χ0v) is 27.6. The molecule has 1 aliphatic rings. The van der Waals surface area contributed by atoms with Crippen LogP contribution >= 0.6 is 0 Å². The first-order valence-electron chi connectivity index (χ1n) is 16.1. The summed E-state index contributed by atoms with van der Waals surface area (Å²) >= 11 is 0. The van der Waals surface area contributed by atoms with E-state index in [-0.39, 0.29) is 51.7 Å². The number of nitrogens with zero attached hydrogens (tertiary/aromatic N) is 2. The molecule has 1 amide bonds. The number of alkyl halides is 6. The summed E-state index contributed by atoms with van der Waals surface area (Å²) in [5, 5.41) is 12.3. The molecular weight excluding hydrogens is 718 g/mol. The normalized spacial score (nSPS) is 14.3. The molecule has 1 aromatic heterocycles. The molecule has 1 fully saturated rings. The summed E-state index contributed by atoms with van der Waals surface area (Å²) in [6.07, 6.45) is -11.3. The fourth-order valence-corrected chi connectivity index (χ4v) is 6.58. The Kier molecular flexibility index (Phi) is 9.94. The lowest BCUT2D eigenvalue weighted by Gasteiger charge is -2.39. The number of benzene rings is 4. The van der Waals surface area contributed by atoms with Crippen LogP contribution < -0.4 is 15.8 Å². The monoisotopic (exact) mass is 747 g/mol. The first kappa shape index (κ1) is 37.3. The van der Waals surface area contributed by atoms with Crippen molar-refractivity contribution < 1.29 is 54.6 Å². The number of carbonyl (C=O) groups is 2. The Morgan fingerprint density at radius 2 is 1.55 bits per heavy atom. The summed E-state index contributed by atoms with van der Waals surface area (Å²) in [6.45, 7) is -0.605. The van der Waals surface area contributed by atoms with Gasteiger partial charge in [0.15, 0.2) is 0 Å². The highest BCUT2D eigenvalue weighted by atomic mass is 19.4. The third-order valence-corrected chi connectivity index (χ3v) is 9.18. The summed E-state index contributed by atoms with van der Waals surface area (Å²) in [5.41, 5.74) is -3.96. The molecule has 278 valence electrons. The topological polar surface area (TPSA) is 101 Å². The molecule has 0 bridgehead atoms. The summed E-state index contributed by atoms with van der Waals surface area (Å²) in [4.78, 5) is 40.2. The summed E-state index contributed by atoms with van der Waals surface area (Å²) in [7, 11) is 1.34. The van der Waals surface area contributed by atoms with E-state index in [4.69, 9.17) is 4.74 Å². The van der Waals surface area contributed by atoms with Crippen molar-refractivity contribution in [2.45, 2.75) is 37.3 Å². The van der Waals surface area contributed by atoms with E-state index in [0.717, 1.165) is 9.47 Å². The molecule has 8 nitrogen and oxygen atoms in total. The van der Waals surface area contributed by atoms with E-state index in [1.165, 1.54) is 67.7 Å². The highest BCUT2D eigenvalue weighted by Gasteiger charge is 2.39. The van der Waals surface area contributed by atoms with Crippen molar-refractivity contribution >= 4 is 39.2 Å². The number of hydrogen-bond donors (Lipinski definition) is 2. The van der Waals surface area contributed by atoms with Crippen LogP contribution in [0.2, 0.25) is 0 Å². The molecule has 1 atom stereocenters. The number of aryl methyl sites for hydroxylation is 1. The zero-order chi connectivity index (χ0) is 38.4. The van der Waals surface area contributed by atoms with Crippen LogP contribution in [0.3, 0.4) is 0 Å². The van der Waals surface area contributed by atoms with E-state index in [1.54, 1.807) is 0 Å². The quantitative estimate of drug-likeness (QED) is 0.146. The van der Waals surface area contributed by atoms with E-state index in [9.17, 15) is 45.8 Å². The predicted molar refractivity (Wildman–Crippen MR) is 179 cm³/mol. The van der Waals surface area contributed by atoms with Gasteiger partial charge in [0.1, 0.15) is 23.2 Å². The second-order valence-electron chi connectivity index (χ2n) is 12.5. The van der Waals surface area contributed by atoms with Crippen LogP contribution in [-0.4, -0.2) is 59.6 Å². The molecule has 2 heterocycles. The van der Waals surface area contributed by atoms with Gasteiger partial charge in [-0.3, -0.25) is 9.59 Å². The predicted octanol–water partition coefficient (Wildman–Crippen LogP) is 7.24. The molecule has 1 aliphatic heterocycles. The largest absolute Gasteiger partial charge is 0.480 e. The van der Waals surface area contributed by atoms with Gasteiger partial charge in [0.05, 0.1) is 42.3 Å². The lowest BCUT2D eigenvalue weighted by atomic mass is 9.90. The van der Waals surface area contributed by atoms with Gasteiger partial charge in [0, 0.05) is 31.1 Å². The van der Waals surface area contributed by atoms with E-state index < -0.39 is 89.6 Å². The van der Waals surface area contributed by atoms with Gasteiger partial charge in [0.2, 0.25) is 0 Å². The fourth-order valence-electron chi connectivity index (χ4n) is 6.58. The number of amides is 1. The highest BCUT2D eigenvalue weighted by molar-refractivity contribution is 6.02. The first-order valence-corrected chi connectivity index (χ1v) is 16.1. The van der Waals surface area contributed by atoms with E-state index >= 15 is 8.78 Å². The molecule has 16 heteroatoms. The van der Waals surface area contributed by atoms with Gasteiger partial charge < -0.3 is 24.6 Å². The number of nitrogens with one attached hydrogen (secondary N) is 1. The number of aliphatic carboxylic acids is 1.